The van der Waals surface area contributed by atoms with Gasteiger partial charge in [0.2, 0.25) is 0 Å². The Morgan fingerprint density at radius 2 is 2.20 bits per heavy atom. The van der Waals surface area contributed by atoms with Crippen molar-refractivity contribution in [3.05, 3.63) is 59.4 Å². The molecule has 20 heavy (non-hydrogen) atoms. The third-order valence-corrected chi connectivity index (χ3v) is 4.02. The van der Waals surface area contributed by atoms with Crippen LogP contribution in [0.4, 0.5) is 0 Å². The number of benzene rings is 1. The molecule has 3 rings (SSSR count). The number of phenolic OH excluding ortho intramolecular Hbond substituents is 1. The Labute approximate surface area is 119 Å². The molecular weight excluding hydrogens is 248 g/mol. The first-order chi connectivity index (χ1) is 9.74. The normalized spacial score (nSPS) is 19.4. The van der Waals surface area contributed by atoms with Crippen molar-refractivity contribution in [3.8, 4) is 5.75 Å². The fourth-order valence-corrected chi connectivity index (χ4v) is 2.99. The van der Waals surface area contributed by atoms with Crippen molar-refractivity contribution >= 4 is 0 Å². The minimum absolute atomic E-state index is 0.223. The van der Waals surface area contributed by atoms with Crippen molar-refractivity contribution in [1.29, 1.82) is 0 Å². The zero-order chi connectivity index (χ0) is 13.9. The summed E-state index contributed by atoms with van der Waals surface area (Å²) in [5.74, 6) is 0.363. The van der Waals surface area contributed by atoms with Crippen LogP contribution in [0.5, 0.6) is 5.75 Å². The number of aromatic hydroxyl groups is 1. The Morgan fingerprint density at radius 1 is 1.30 bits per heavy atom. The van der Waals surface area contributed by atoms with Gasteiger partial charge in [0.1, 0.15) is 5.75 Å². The van der Waals surface area contributed by atoms with E-state index in [9.17, 15) is 5.11 Å². The van der Waals surface area contributed by atoms with E-state index in [0.29, 0.717) is 11.8 Å². The molecule has 3 heteroatoms. The molecule has 2 N–H and O–H groups in total. The van der Waals surface area contributed by atoms with Crippen LogP contribution in [0, 0.1) is 0 Å². The van der Waals surface area contributed by atoms with Crippen LogP contribution in [0.1, 0.15) is 48.7 Å². The Hall–Kier alpha value is -1.87. The summed E-state index contributed by atoms with van der Waals surface area (Å²) < 4.78 is 0. The van der Waals surface area contributed by atoms with Crippen LogP contribution in [-0.2, 0) is 6.42 Å². The summed E-state index contributed by atoms with van der Waals surface area (Å²) in [7, 11) is 0. The molecule has 1 unspecified atom stereocenters. The first-order valence-electron chi connectivity index (χ1n) is 7.23. The number of fused-ring (bicyclic) bond motifs is 1. The molecule has 2 atom stereocenters. The van der Waals surface area contributed by atoms with E-state index in [1.54, 1.807) is 6.07 Å². The van der Waals surface area contributed by atoms with Gasteiger partial charge >= 0.3 is 0 Å². The second kappa shape index (κ2) is 5.63. The summed E-state index contributed by atoms with van der Waals surface area (Å²) in [6.45, 7) is 2.15. The molecule has 2 aromatic rings. The summed E-state index contributed by atoms with van der Waals surface area (Å²) in [4.78, 5) is 4.41. The van der Waals surface area contributed by atoms with Crippen LogP contribution in [0.2, 0.25) is 0 Å². The van der Waals surface area contributed by atoms with Crippen LogP contribution in [0.15, 0.2) is 42.6 Å². The van der Waals surface area contributed by atoms with Gasteiger partial charge in [0, 0.05) is 18.3 Å². The third kappa shape index (κ3) is 2.68. The highest BCUT2D eigenvalue weighted by Crippen LogP contribution is 2.33. The second-order valence-electron chi connectivity index (χ2n) is 5.47. The maximum Gasteiger partial charge on any atom is 0.115 e. The molecule has 1 aromatic carbocycles. The van der Waals surface area contributed by atoms with Gasteiger partial charge in [-0.05, 0) is 61.6 Å². The van der Waals surface area contributed by atoms with Crippen LogP contribution in [-0.4, -0.2) is 10.1 Å². The number of aromatic nitrogens is 1. The number of pyridine rings is 1. The largest absolute Gasteiger partial charge is 0.508 e. The van der Waals surface area contributed by atoms with Gasteiger partial charge in [-0.1, -0.05) is 12.1 Å². The van der Waals surface area contributed by atoms with Gasteiger partial charge in [-0.15, -0.1) is 0 Å². The monoisotopic (exact) mass is 268 g/mol. The van der Waals surface area contributed by atoms with Gasteiger partial charge < -0.3 is 10.4 Å². The van der Waals surface area contributed by atoms with E-state index in [1.807, 2.05) is 30.5 Å². The Balaban J connectivity index is 1.80. The van der Waals surface area contributed by atoms with E-state index in [1.165, 1.54) is 11.1 Å². The topological polar surface area (TPSA) is 45.1 Å². The lowest BCUT2D eigenvalue weighted by Gasteiger charge is -2.29. The number of hydrogen-bond donors (Lipinski definition) is 2. The fraction of sp³-hybridized carbons (Fsp3) is 0.353. The van der Waals surface area contributed by atoms with Crippen molar-refractivity contribution in [3.63, 3.8) is 0 Å². The van der Waals surface area contributed by atoms with Gasteiger partial charge in [0.15, 0.2) is 0 Å². The average molecular weight is 268 g/mol. The number of hydrogen-bond acceptors (Lipinski definition) is 3. The van der Waals surface area contributed by atoms with E-state index in [4.69, 9.17) is 0 Å². The Kier molecular flexibility index (Phi) is 3.70. The highest BCUT2D eigenvalue weighted by molar-refractivity contribution is 5.38. The highest BCUT2D eigenvalue weighted by atomic mass is 16.3. The zero-order valence-electron chi connectivity index (χ0n) is 11.7. The molecule has 0 saturated carbocycles. The molecule has 0 aliphatic heterocycles. The molecule has 1 aliphatic rings. The van der Waals surface area contributed by atoms with Crippen LogP contribution in [0.25, 0.3) is 0 Å². The Morgan fingerprint density at radius 3 is 3.00 bits per heavy atom. The maximum atomic E-state index is 9.60. The average Bonchev–Trinajstić information content (AvgIpc) is 2.48. The van der Waals surface area contributed by atoms with Gasteiger partial charge in [0.05, 0.1) is 5.69 Å². The lowest BCUT2D eigenvalue weighted by molar-refractivity contribution is 0.408. The third-order valence-electron chi connectivity index (χ3n) is 4.02. The van der Waals surface area contributed by atoms with E-state index in [2.05, 4.69) is 23.3 Å². The minimum atomic E-state index is 0.223. The minimum Gasteiger partial charge on any atom is -0.508 e. The van der Waals surface area contributed by atoms with Crippen LogP contribution in [0.3, 0.4) is 0 Å². The summed E-state index contributed by atoms with van der Waals surface area (Å²) in [5.41, 5.74) is 3.65. The van der Waals surface area contributed by atoms with Gasteiger partial charge in [-0.2, -0.15) is 0 Å². The van der Waals surface area contributed by atoms with E-state index in [-0.39, 0.29) is 6.04 Å². The lowest BCUT2D eigenvalue weighted by Crippen LogP contribution is -2.28. The molecule has 104 valence electrons. The van der Waals surface area contributed by atoms with Gasteiger partial charge in [0.25, 0.3) is 0 Å². The van der Waals surface area contributed by atoms with Crippen molar-refractivity contribution < 1.29 is 5.11 Å². The molecule has 3 nitrogen and oxygen atoms in total. The SMILES string of the molecule is C[C@H](NC1CCCc2cc(O)ccc21)c1ccccn1. The molecule has 1 aromatic heterocycles. The highest BCUT2D eigenvalue weighted by Gasteiger charge is 2.22. The molecule has 0 bridgehead atoms. The molecule has 0 radical (unpaired) electrons. The number of nitrogens with one attached hydrogen (secondary N) is 1. The summed E-state index contributed by atoms with van der Waals surface area (Å²) in [6.07, 6.45) is 5.18. The molecule has 0 spiro atoms. The quantitative estimate of drug-likeness (QED) is 0.895. The number of phenols is 1. The van der Waals surface area contributed by atoms with E-state index in [0.717, 1.165) is 25.0 Å². The van der Waals surface area contributed by atoms with Gasteiger partial charge in [-0.25, -0.2) is 0 Å². The molecule has 1 heterocycles. The number of aryl methyl sites for hydroxylation is 1. The predicted octanol–water partition coefficient (Wildman–Crippen LogP) is 3.52. The number of rotatable bonds is 3. The second-order valence-corrected chi connectivity index (χ2v) is 5.47. The summed E-state index contributed by atoms with van der Waals surface area (Å²) >= 11 is 0. The van der Waals surface area contributed by atoms with Crippen molar-refractivity contribution in [1.82, 2.24) is 10.3 Å². The maximum absolute atomic E-state index is 9.60. The van der Waals surface area contributed by atoms with Crippen molar-refractivity contribution in [2.45, 2.75) is 38.3 Å². The fourth-order valence-electron chi connectivity index (χ4n) is 2.99. The standard InChI is InChI=1S/C17H20N2O/c1-12(16-6-2-3-10-18-16)19-17-7-4-5-13-11-14(20)8-9-15(13)17/h2-3,6,8-12,17,19-20H,4-5,7H2,1H3/t12-,17?/m0/s1. The Bertz CT molecular complexity index is 583. The molecule has 0 saturated heterocycles. The van der Waals surface area contributed by atoms with Crippen LogP contribution >= 0.6 is 0 Å². The van der Waals surface area contributed by atoms with E-state index < -0.39 is 0 Å². The van der Waals surface area contributed by atoms with Crippen molar-refractivity contribution in [2.24, 2.45) is 0 Å². The summed E-state index contributed by atoms with van der Waals surface area (Å²) in [6, 6.07) is 12.3. The smallest absolute Gasteiger partial charge is 0.115 e. The van der Waals surface area contributed by atoms with E-state index >= 15 is 0 Å². The summed E-state index contributed by atoms with van der Waals surface area (Å²) in [5, 5.41) is 13.3. The van der Waals surface area contributed by atoms with Gasteiger partial charge in [-0.3, -0.25) is 4.98 Å². The zero-order valence-corrected chi connectivity index (χ0v) is 11.7. The van der Waals surface area contributed by atoms with Crippen LogP contribution < -0.4 is 5.32 Å². The number of nitrogens with zero attached hydrogens (tertiary/aromatic N) is 1. The molecule has 0 amide bonds. The predicted molar refractivity (Wildman–Crippen MR) is 79.6 cm³/mol. The first kappa shape index (κ1) is 13.1. The lowest BCUT2D eigenvalue weighted by atomic mass is 9.87. The van der Waals surface area contributed by atoms with Crippen molar-refractivity contribution in [2.75, 3.05) is 0 Å². The molecular formula is C17H20N2O. The molecule has 1 aliphatic carbocycles. The first-order valence-corrected chi connectivity index (χ1v) is 7.23. The molecule has 0 fully saturated rings.